The predicted octanol–water partition coefficient (Wildman–Crippen LogP) is 5.70. The van der Waals surface area contributed by atoms with Crippen molar-refractivity contribution in [3.8, 4) is 0 Å². The molecule has 7 heteroatoms. The van der Waals surface area contributed by atoms with Gasteiger partial charge in [0.05, 0.1) is 12.0 Å². The first-order valence-corrected chi connectivity index (χ1v) is 9.42. The van der Waals surface area contributed by atoms with Crippen LogP contribution in [0.15, 0.2) is 91.3 Å². The Hall–Kier alpha value is -3.87. The molecular weight excluding hydrogens is 403 g/mol. The first-order chi connectivity index (χ1) is 14.8. The Morgan fingerprint density at radius 3 is 2.23 bits per heavy atom. The number of aromatic nitrogens is 1. The summed E-state index contributed by atoms with van der Waals surface area (Å²) in [4.78, 5) is 16.2. The molecule has 0 unspecified atom stereocenters. The van der Waals surface area contributed by atoms with Gasteiger partial charge in [0, 0.05) is 34.5 Å². The van der Waals surface area contributed by atoms with Gasteiger partial charge in [-0.3, -0.25) is 9.78 Å². The maximum atomic E-state index is 12.5. The fourth-order valence-corrected chi connectivity index (χ4v) is 2.88. The average Bonchev–Trinajstić information content (AvgIpc) is 2.75. The first kappa shape index (κ1) is 21.8. The van der Waals surface area contributed by atoms with E-state index in [-0.39, 0.29) is 12.3 Å². The number of benzene rings is 3. The summed E-state index contributed by atoms with van der Waals surface area (Å²) in [5, 5.41) is 4.54. The molecule has 0 saturated heterocycles. The number of fused-ring (bicyclic) bond motifs is 1. The molecule has 1 amide bonds. The smallest absolute Gasteiger partial charge is 0.399 e. The summed E-state index contributed by atoms with van der Waals surface area (Å²) < 4.78 is 37.6. The van der Waals surface area contributed by atoms with Crippen molar-refractivity contribution in [2.45, 2.75) is 12.6 Å². The lowest BCUT2D eigenvalue weighted by Gasteiger charge is -2.10. The van der Waals surface area contributed by atoms with Crippen molar-refractivity contribution in [1.29, 1.82) is 0 Å². The van der Waals surface area contributed by atoms with Crippen molar-refractivity contribution in [2.75, 3.05) is 11.1 Å². The molecule has 4 nitrogen and oxygen atoms in total. The molecule has 0 fully saturated rings. The number of amides is 1. The Morgan fingerprint density at radius 2 is 1.61 bits per heavy atom. The van der Waals surface area contributed by atoms with Gasteiger partial charge >= 0.3 is 6.18 Å². The first-order valence-electron chi connectivity index (χ1n) is 9.42. The highest BCUT2D eigenvalue weighted by atomic mass is 19.4. The fourth-order valence-electron chi connectivity index (χ4n) is 2.88. The zero-order chi connectivity index (χ0) is 22.3. The number of alkyl halides is 3. The van der Waals surface area contributed by atoms with Crippen molar-refractivity contribution >= 4 is 28.1 Å². The Labute approximate surface area is 177 Å². The Bertz CT molecular complexity index is 1140. The van der Waals surface area contributed by atoms with Gasteiger partial charge in [-0.25, -0.2) is 0 Å². The molecule has 0 atom stereocenters. The van der Waals surface area contributed by atoms with Crippen LogP contribution in [-0.2, 0) is 17.4 Å². The number of nitrogens with two attached hydrogens (primary N) is 1. The maximum absolute atomic E-state index is 12.5. The zero-order valence-electron chi connectivity index (χ0n) is 16.4. The van der Waals surface area contributed by atoms with Crippen molar-refractivity contribution in [2.24, 2.45) is 0 Å². The van der Waals surface area contributed by atoms with Crippen LogP contribution in [0.4, 0.5) is 24.5 Å². The van der Waals surface area contributed by atoms with E-state index in [4.69, 9.17) is 5.73 Å². The van der Waals surface area contributed by atoms with Crippen LogP contribution >= 0.6 is 0 Å². The van der Waals surface area contributed by atoms with Crippen LogP contribution in [0.3, 0.4) is 0 Å². The number of halogens is 3. The van der Waals surface area contributed by atoms with Gasteiger partial charge in [0.25, 0.3) is 0 Å². The lowest BCUT2D eigenvalue weighted by atomic mass is 10.1. The number of rotatable bonds is 3. The summed E-state index contributed by atoms with van der Waals surface area (Å²) in [7, 11) is 0. The van der Waals surface area contributed by atoms with Gasteiger partial charge in [-0.15, -0.1) is 0 Å². The number of nitrogens with one attached hydrogen (secondary N) is 1. The van der Waals surface area contributed by atoms with Crippen molar-refractivity contribution in [3.05, 3.63) is 102 Å². The summed E-state index contributed by atoms with van der Waals surface area (Å²) in [5.41, 5.74) is 6.61. The third-order valence-electron chi connectivity index (χ3n) is 4.40. The summed E-state index contributed by atoms with van der Waals surface area (Å²) in [6, 6.07) is 21.3. The minimum Gasteiger partial charge on any atom is -0.399 e. The van der Waals surface area contributed by atoms with Crippen LogP contribution in [0.2, 0.25) is 0 Å². The number of nitrogens with zero attached hydrogens (tertiary/aromatic N) is 1. The quantitative estimate of drug-likeness (QED) is 0.415. The van der Waals surface area contributed by atoms with E-state index in [9.17, 15) is 18.0 Å². The molecule has 0 aliphatic heterocycles. The minimum absolute atomic E-state index is 0.000389. The van der Waals surface area contributed by atoms with E-state index in [1.54, 1.807) is 30.6 Å². The number of para-hydroxylation sites is 1. The van der Waals surface area contributed by atoms with Crippen LogP contribution in [0, 0.1) is 0 Å². The number of hydrogen-bond donors (Lipinski definition) is 2. The van der Waals surface area contributed by atoms with Gasteiger partial charge in [-0.2, -0.15) is 13.2 Å². The van der Waals surface area contributed by atoms with Crippen molar-refractivity contribution in [3.63, 3.8) is 0 Å². The van der Waals surface area contributed by atoms with Crippen molar-refractivity contribution < 1.29 is 18.0 Å². The summed E-state index contributed by atoms with van der Waals surface area (Å²) >= 11 is 0. The lowest BCUT2D eigenvalue weighted by molar-refractivity contribution is -0.137. The molecule has 158 valence electrons. The van der Waals surface area contributed by atoms with Gasteiger partial charge in [-0.05, 0) is 42.0 Å². The van der Waals surface area contributed by atoms with Crippen LogP contribution in [0.5, 0.6) is 0 Å². The van der Waals surface area contributed by atoms with Crippen LogP contribution in [0.1, 0.15) is 11.1 Å². The molecule has 4 aromatic rings. The molecule has 3 aromatic carbocycles. The molecule has 0 aliphatic carbocycles. The predicted molar refractivity (Wildman–Crippen MR) is 116 cm³/mol. The van der Waals surface area contributed by atoms with E-state index < -0.39 is 11.7 Å². The molecule has 31 heavy (non-hydrogen) atoms. The molecule has 1 aromatic heterocycles. The number of hydrogen-bond acceptors (Lipinski definition) is 3. The number of carbonyl (C=O) groups excluding carboxylic acids is 1. The van der Waals surface area contributed by atoms with E-state index in [2.05, 4.69) is 10.3 Å². The normalized spacial score (nSPS) is 10.8. The highest BCUT2D eigenvalue weighted by molar-refractivity contribution is 6.02. The van der Waals surface area contributed by atoms with E-state index in [1.807, 2.05) is 36.4 Å². The molecule has 3 N–H and O–H groups in total. The number of anilines is 2. The monoisotopic (exact) mass is 423 g/mol. The van der Waals surface area contributed by atoms with Gasteiger partial charge in [0.1, 0.15) is 0 Å². The van der Waals surface area contributed by atoms with E-state index >= 15 is 0 Å². The molecule has 4 rings (SSSR count). The van der Waals surface area contributed by atoms with Crippen LogP contribution in [-0.4, -0.2) is 10.9 Å². The van der Waals surface area contributed by atoms with Crippen molar-refractivity contribution in [1.82, 2.24) is 4.98 Å². The molecule has 0 saturated carbocycles. The van der Waals surface area contributed by atoms with Gasteiger partial charge < -0.3 is 11.1 Å². The van der Waals surface area contributed by atoms with Crippen LogP contribution in [0.25, 0.3) is 10.8 Å². The van der Waals surface area contributed by atoms with E-state index in [0.717, 1.165) is 28.6 Å². The van der Waals surface area contributed by atoms with Gasteiger partial charge in [-0.1, -0.05) is 42.5 Å². The number of nitrogen functional groups attached to an aromatic ring is 1. The highest BCUT2D eigenvalue weighted by Gasteiger charge is 2.29. The molecule has 0 bridgehead atoms. The standard InChI is InChI=1S/C18H13F3N2O.C6H7N/c19-18(20,21)14-6-4-12(5-7-14)10-17(24)23-16-3-1-2-13-11-22-9-8-15(13)16;7-6-4-2-1-3-5-6/h1-9,11H,10H2,(H,23,24);1-5H,7H2. The molecule has 0 aliphatic rings. The largest absolute Gasteiger partial charge is 0.416 e. The SMILES string of the molecule is Nc1ccccc1.O=C(Cc1ccc(C(F)(F)F)cc1)Nc1cccc2cnccc12. The molecular formula is C24H20F3N3O. The third kappa shape index (κ3) is 6.30. The van der Waals surface area contributed by atoms with Crippen LogP contribution < -0.4 is 11.1 Å². The van der Waals surface area contributed by atoms with E-state index in [0.29, 0.717) is 11.3 Å². The van der Waals surface area contributed by atoms with Gasteiger partial charge in [0.2, 0.25) is 5.91 Å². The molecule has 0 spiro atoms. The number of pyridine rings is 1. The zero-order valence-corrected chi connectivity index (χ0v) is 16.4. The minimum atomic E-state index is -4.38. The fraction of sp³-hybridized carbons (Fsp3) is 0.0833. The second-order valence-electron chi connectivity index (χ2n) is 6.73. The topological polar surface area (TPSA) is 68.0 Å². The average molecular weight is 423 g/mol. The highest BCUT2D eigenvalue weighted by Crippen LogP contribution is 2.29. The van der Waals surface area contributed by atoms with E-state index in [1.165, 1.54) is 12.1 Å². The third-order valence-corrected chi connectivity index (χ3v) is 4.40. The summed E-state index contributed by atoms with van der Waals surface area (Å²) in [6.45, 7) is 0. The summed E-state index contributed by atoms with van der Waals surface area (Å²) in [5.74, 6) is -0.293. The molecule has 0 radical (unpaired) electrons. The Morgan fingerprint density at radius 1 is 0.903 bits per heavy atom. The maximum Gasteiger partial charge on any atom is 0.416 e. The second kappa shape index (κ2) is 9.75. The molecule has 1 heterocycles. The number of carbonyl (C=O) groups is 1. The lowest BCUT2D eigenvalue weighted by Crippen LogP contribution is -2.15. The van der Waals surface area contributed by atoms with Gasteiger partial charge in [0.15, 0.2) is 0 Å². The summed E-state index contributed by atoms with van der Waals surface area (Å²) in [6.07, 6.45) is -1.05. The Balaban J connectivity index is 0.000000330. The second-order valence-corrected chi connectivity index (χ2v) is 6.73. The Kier molecular flexibility index (Phi) is 6.87.